The summed E-state index contributed by atoms with van der Waals surface area (Å²) in [6, 6.07) is 10.0. The number of fused-ring (bicyclic) bond motifs is 1. The van der Waals surface area contributed by atoms with E-state index in [9.17, 15) is 4.79 Å². The van der Waals surface area contributed by atoms with E-state index >= 15 is 0 Å². The number of hydrogen-bond acceptors (Lipinski definition) is 4. The molecule has 0 saturated heterocycles. The van der Waals surface area contributed by atoms with E-state index < -0.39 is 5.97 Å². The van der Waals surface area contributed by atoms with Gasteiger partial charge in [-0.3, -0.25) is 4.40 Å². The Labute approximate surface area is 108 Å². The molecule has 0 atom stereocenters. The molecule has 3 rings (SSSR count). The number of carboxylic acid groups (broad SMARTS) is 1. The summed E-state index contributed by atoms with van der Waals surface area (Å²) in [6.07, 6.45) is 1.71. The van der Waals surface area contributed by atoms with Crippen LogP contribution >= 0.6 is 0 Å². The van der Waals surface area contributed by atoms with E-state index in [0.717, 1.165) is 0 Å². The minimum atomic E-state index is -0.977. The van der Waals surface area contributed by atoms with Gasteiger partial charge in [0.15, 0.2) is 11.5 Å². The number of nitrogen functional groups attached to an aromatic ring is 1. The van der Waals surface area contributed by atoms with Crippen LogP contribution < -0.4 is 5.73 Å². The van der Waals surface area contributed by atoms with Gasteiger partial charge in [-0.05, 0) is 24.3 Å². The highest BCUT2D eigenvalue weighted by Gasteiger charge is 2.10. The quantitative estimate of drug-likeness (QED) is 0.725. The van der Waals surface area contributed by atoms with Crippen molar-refractivity contribution in [2.45, 2.75) is 0 Å². The number of carbonyl (C=O) groups is 1. The van der Waals surface area contributed by atoms with E-state index in [1.807, 2.05) is 0 Å². The van der Waals surface area contributed by atoms with E-state index in [2.05, 4.69) is 10.2 Å². The molecule has 0 fully saturated rings. The number of carboxylic acids is 1. The second-order valence-corrected chi connectivity index (χ2v) is 4.10. The molecule has 3 aromatic rings. The molecule has 94 valence electrons. The maximum Gasteiger partial charge on any atom is 0.335 e. The van der Waals surface area contributed by atoms with Gasteiger partial charge in [0.1, 0.15) is 0 Å². The average Bonchev–Trinajstić information content (AvgIpc) is 2.81. The van der Waals surface area contributed by atoms with E-state index in [-0.39, 0.29) is 5.56 Å². The van der Waals surface area contributed by atoms with Gasteiger partial charge in [0, 0.05) is 17.4 Å². The van der Waals surface area contributed by atoms with Crippen molar-refractivity contribution in [1.82, 2.24) is 14.6 Å². The van der Waals surface area contributed by atoms with Crippen molar-refractivity contribution in [2.24, 2.45) is 0 Å². The smallest absolute Gasteiger partial charge is 0.335 e. The van der Waals surface area contributed by atoms with Crippen molar-refractivity contribution in [3.8, 4) is 11.4 Å². The Bertz CT molecular complexity index is 779. The van der Waals surface area contributed by atoms with Gasteiger partial charge in [0.2, 0.25) is 0 Å². The van der Waals surface area contributed by atoms with Crippen LogP contribution in [0.1, 0.15) is 10.4 Å². The zero-order chi connectivity index (χ0) is 13.4. The first-order valence-electron chi connectivity index (χ1n) is 5.59. The van der Waals surface area contributed by atoms with Gasteiger partial charge in [-0.2, -0.15) is 0 Å². The molecule has 2 aromatic heterocycles. The lowest BCUT2D eigenvalue weighted by atomic mass is 10.1. The first kappa shape index (κ1) is 11.2. The van der Waals surface area contributed by atoms with Crippen LogP contribution in [-0.2, 0) is 0 Å². The van der Waals surface area contributed by atoms with Gasteiger partial charge in [-0.25, -0.2) is 4.79 Å². The summed E-state index contributed by atoms with van der Waals surface area (Å²) in [5, 5.41) is 17.1. The van der Waals surface area contributed by atoms with Crippen LogP contribution in [0.2, 0.25) is 0 Å². The molecule has 6 nitrogen and oxygen atoms in total. The summed E-state index contributed by atoms with van der Waals surface area (Å²) in [5.74, 6) is -0.416. The van der Waals surface area contributed by atoms with Crippen LogP contribution in [0.3, 0.4) is 0 Å². The van der Waals surface area contributed by atoms with Crippen LogP contribution in [-0.4, -0.2) is 25.7 Å². The van der Waals surface area contributed by atoms with E-state index in [1.165, 1.54) is 6.07 Å². The molecule has 2 heterocycles. The molecule has 0 aliphatic heterocycles. The highest BCUT2D eigenvalue weighted by molar-refractivity contribution is 5.89. The van der Waals surface area contributed by atoms with Crippen molar-refractivity contribution in [1.29, 1.82) is 0 Å². The van der Waals surface area contributed by atoms with E-state index in [1.54, 1.807) is 40.9 Å². The van der Waals surface area contributed by atoms with E-state index in [4.69, 9.17) is 10.8 Å². The number of benzene rings is 1. The number of nitrogens with two attached hydrogens (primary N) is 1. The zero-order valence-electron chi connectivity index (χ0n) is 9.82. The monoisotopic (exact) mass is 254 g/mol. The SMILES string of the molecule is Nc1ccc2nnc(-c3cccc(C(=O)O)c3)n2c1. The third-order valence-electron chi connectivity index (χ3n) is 2.79. The van der Waals surface area contributed by atoms with Crippen LogP contribution in [0.15, 0.2) is 42.6 Å². The molecule has 0 bridgehead atoms. The molecule has 0 spiro atoms. The largest absolute Gasteiger partial charge is 0.478 e. The Morgan fingerprint density at radius 2 is 2.05 bits per heavy atom. The summed E-state index contributed by atoms with van der Waals surface area (Å²) in [7, 11) is 0. The van der Waals surface area contributed by atoms with Crippen molar-refractivity contribution in [3.05, 3.63) is 48.2 Å². The molecule has 6 heteroatoms. The van der Waals surface area contributed by atoms with Crippen LogP contribution in [0.25, 0.3) is 17.0 Å². The highest BCUT2D eigenvalue weighted by atomic mass is 16.4. The lowest BCUT2D eigenvalue weighted by Gasteiger charge is -2.02. The number of pyridine rings is 1. The number of aromatic nitrogens is 3. The minimum Gasteiger partial charge on any atom is -0.478 e. The first-order valence-corrected chi connectivity index (χ1v) is 5.59. The number of hydrogen-bond donors (Lipinski definition) is 2. The molecule has 19 heavy (non-hydrogen) atoms. The normalized spacial score (nSPS) is 10.7. The fourth-order valence-corrected chi connectivity index (χ4v) is 1.90. The standard InChI is InChI=1S/C13H10N4O2/c14-10-4-5-11-15-16-12(17(11)7-10)8-2-1-3-9(6-8)13(18)19/h1-7H,14H2,(H,18,19). The molecule has 0 amide bonds. The Morgan fingerprint density at radius 3 is 2.84 bits per heavy atom. The lowest BCUT2D eigenvalue weighted by Crippen LogP contribution is -1.97. The number of rotatable bonds is 2. The van der Waals surface area contributed by atoms with Crippen molar-refractivity contribution in [3.63, 3.8) is 0 Å². The third-order valence-corrected chi connectivity index (χ3v) is 2.79. The molecular weight excluding hydrogens is 244 g/mol. The van der Waals surface area contributed by atoms with Gasteiger partial charge in [-0.1, -0.05) is 12.1 Å². The number of nitrogens with zero attached hydrogens (tertiary/aromatic N) is 3. The second kappa shape index (κ2) is 4.09. The Balaban J connectivity index is 2.21. The summed E-state index contributed by atoms with van der Waals surface area (Å²) >= 11 is 0. The minimum absolute atomic E-state index is 0.207. The Morgan fingerprint density at radius 1 is 1.21 bits per heavy atom. The third kappa shape index (κ3) is 1.89. The van der Waals surface area contributed by atoms with Gasteiger partial charge in [-0.15, -0.1) is 10.2 Å². The number of aromatic carboxylic acids is 1. The fourth-order valence-electron chi connectivity index (χ4n) is 1.90. The van der Waals surface area contributed by atoms with Gasteiger partial charge in [0.25, 0.3) is 0 Å². The summed E-state index contributed by atoms with van der Waals surface area (Å²) in [6.45, 7) is 0. The summed E-state index contributed by atoms with van der Waals surface area (Å²) in [4.78, 5) is 11.0. The maximum atomic E-state index is 11.0. The molecule has 0 radical (unpaired) electrons. The van der Waals surface area contributed by atoms with Crippen molar-refractivity contribution >= 4 is 17.3 Å². The molecule has 1 aromatic carbocycles. The van der Waals surface area contributed by atoms with Crippen LogP contribution in [0.4, 0.5) is 5.69 Å². The summed E-state index contributed by atoms with van der Waals surface area (Å²) in [5.41, 5.74) is 7.87. The van der Waals surface area contributed by atoms with E-state index in [0.29, 0.717) is 22.7 Å². The van der Waals surface area contributed by atoms with Crippen molar-refractivity contribution in [2.75, 3.05) is 5.73 Å². The average molecular weight is 254 g/mol. The van der Waals surface area contributed by atoms with Crippen LogP contribution in [0.5, 0.6) is 0 Å². The Hall–Kier alpha value is -2.89. The molecule has 0 aliphatic carbocycles. The fraction of sp³-hybridized carbons (Fsp3) is 0. The van der Waals surface area contributed by atoms with Gasteiger partial charge in [0.05, 0.1) is 5.56 Å². The highest BCUT2D eigenvalue weighted by Crippen LogP contribution is 2.20. The lowest BCUT2D eigenvalue weighted by molar-refractivity contribution is 0.0697. The second-order valence-electron chi connectivity index (χ2n) is 4.10. The Kier molecular flexibility index (Phi) is 2.42. The van der Waals surface area contributed by atoms with Gasteiger partial charge < -0.3 is 10.8 Å². The molecule has 0 unspecified atom stereocenters. The maximum absolute atomic E-state index is 11.0. The predicted molar refractivity (Wildman–Crippen MR) is 69.8 cm³/mol. The molecule has 3 N–H and O–H groups in total. The predicted octanol–water partition coefficient (Wildman–Crippen LogP) is 1.68. The summed E-state index contributed by atoms with van der Waals surface area (Å²) < 4.78 is 1.73. The molecular formula is C13H10N4O2. The molecule has 0 aliphatic rings. The number of anilines is 1. The first-order chi connectivity index (χ1) is 9.15. The van der Waals surface area contributed by atoms with Crippen molar-refractivity contribution < 1.29 is 9.90 Å². The van der Waals surface area contributed by atoms with Gasteiger partial charge >= 0.3 is 5.97 Å². The van der Waals surface area contributed by atoms with Crippen LogP contribution in [0, 0.1) is 0 Å². The topological polar surface area (TPSA) is 93.5 Å². The molecule has 0 saturated carbocycles. The zero-order valence-corrected chi connectivity index (χ0v) is 9.82.